The molecule has 0 aliphatic heterocycles. The van der Waals surface area contributed by atoms with E-state index in [1.807, 2.05) is 24.4 Å². The lowest BCUT2D eigenvalue weighted by Gasteiger charge is -2.14. The third kappa shape index (κ3) is 3.91. The first-order valence-electron chi connectivity index (χ1n) is 6.53. The summed E-state index contributed by atoms with van der Waals surface area (Å²) in [6.45, 7) is 5.07. The van der Waals surface area contributed by atoms with Crippen LogP contribution in [-0.2, 0) is 0 Å². The molecule has 2 heterocycles. The average molecular weight is 257 g/mol. The Morgan fingerprint density at radius 2 is 2.16 bits per heavy atom. The maximum absolute atomic E-state index is 4.42. The zero-order valence-electron chi connectivity index (χ0n) is 11.3. The van der Waals surface area contributed by atoms with Gasteiger partial charge >= 0.3 is 0 Å². The Labute approximate surface area is 113 Å². The molecule has 0 aliphatic rings. The molecule has 5 heteroatoms. The van der Waals surface area contributed by atoms with Crippen LogP contribution in [0.1, 0.15) is 31.9 Å². The van der Waals surface area contributed by atoms with Crippen LogP contribution in [0.15, 0.2) is 36.8 Å². The second-order valence-corrected chi connectivity index (χ2v) is 4.34. The number of hydrogen-bond acceptors (Lipinski definition) is 5. The zero-order valence-corrected chi connectivity index (χ0v) is 11.3. The SMILES string of the molecule is CCCNc1nccc(NC(C)c2cccnc2)n1. The first-order chi connectivity index (χ1) is 9.29. The van der Waals surface area contributed by atoms with Crippen molar-refractivity contribution in [2.75, 3.05) is 17.2 Å². The van der Waals surface area contributed by atoms with E-state index in [2.05, 4.69) is 39.4 Å². The van der Waals surface area contributed by atoms with Gasteiger partial charge in [0.25, 0.3) is 0 Å². The van der Waals surface area contributed by atoms with Gasteiger partial charge in [-0.2, -0.15) is 4.98 Å². The van der Waals surface area contributed by atoms with Gasteiger partial charge in [-0.25, -0.2) is 4.98 Å². The highest BCUT2D eigenvalue weighted by Crippen LogP contribution is 2.16. The summed E-state index contributed by atoms with van der Waals surface area (Å²) in [5, 5.41) is 6.52. The molecular weight excluding hydrogens is 238 g/mol. The van der Waals surface area contributed by atoms with Crippen molar-refractivity contribution in [1.82, 2.24) is 15.0 Å². The van der Waals surface area contributed by atoms with Crippen molar-refractivity contribution < 1.29 is 0 Å². The van der Waals surface area contributed by atoms with Crippen LogP contribution in [0.4, 0.5) is 11.8 Å². The Bertz CT molecular complexity index is 500. The fourth-order valence-electron chi connectivity index (χ4n) is 1.70. The van der Waals surface area contributed by atoms with Gasteiger partial charge in [0.15, 0.2) is 0 Å². The summed E-state index contributed by atoms with van der Waals surface area (Å²) in [4.78, 5) is 12.7. The van der Waals surface area contributed by atoms with Crippen LogP contribution in [-0.4, -0.2) is 21.5 Å². The van der Waals surface area contributed by atoms with Gasteiger partial charge in [-0.05, 0) is 31.0 Å². The van der Waals surface area contributed by atoms with E-state index in [-0.39, 0.29) is 6.04 Å². The van der Waals surface area contributed by atoms with Crippen LogP contribution in [0.5, 0.6) is 0 Å². The lowest BCUT2D eigenvalue weighted by Crippen LogP contribution is -2.10. The maximum atomic E-state index is 4.42. The van der Waals surface area contributed by atoms with E-state index >= 15 is 0 Å². The summed E-state index contributed by atoms with van der Waals surface area (Å²) in [5.74, 6) is 1.47. The monoisotopic (exact) mass is 257 g/mol. The third-order valence-corrected chi connectivity index (χ3v) is 2.74. The number of nitrogens with zero attached hydrogens (tertiary/aromatic N) is 3. The molecule has 2 aromatic rings. The predicted molar refractivity (Wildman–Crippen MR) is 77.1 cm³/mol. The van der Waals surface area contributed by atoms with Crippen LogP contribution in [0, 0.1) is 0 Å². The Hall–Kier alpha value is -2.17. The number of hydrogen-bond donors (Lipinski definition) is 2. The molecule has 0 saturated heterocycles. The highest BCUT2D eigenvalue weighted by Gasteiger charge is 2.06. The third-order valence-electron chi connectivity index (χ3n) is 2.74. The summed E-state index contributed by atoms with van der Waals surface area (Å²) < 4.78 is 0. The van der Waals surface area contributed by atoms with Crippen LogP contribution in [0.25, 0.3) is 0 Å². The Balaban J connectivity index is 2.02. The number of aromatic nitrogens is 3. The summed E-state index contributed by atoms with van der Waals surface area (Å²) in [7, 11) is 0. The van der Waals surface area contributed by atoms with Crippen molar-refractivity contribution in [3.63, 3.8) is 0 Å². The maximum Gasteiger partial charge on any atom is 0.224 e. The molecule has 2 aromatic heterocycles. The molecule has 0 bridgehead atoms. The van der Waals surface area contributed by atoms with Gasteiger partial charge in [-0.3, -0.25) is 4.98 Å². The molecule has 1 atom stereocenters. The molecular formula is C14H19N5. The van der Waals surface area contributed by atoms with Gasteiger partial charge in [0.2, 0.25) is 5.95 Å². The van der Waals surface area contributed by atoms with Crippen LogP contribution in [0.2, 0.25) is 0 Å². The number of rotatable bonds is 6. The normalized spacial score (nSPS) is 11.9. The van der Waals surface area contributed by atoms with Crippen LogP contribution < -0.4 is 10.6 Å². The molecule has 0 fully saturated rings. The smallest absolute Gasteiger partial charge is 0.224 e. The van der Waals surface area contributed by atoms with Gasteiger partial charge in [0, 0.05) is 25.1 Å². The van der Waals surface area contributed by atoms with E-state index in [0.717, 1.165) is 24.3 Å². The molecule has 19 heavy (non-hydrogen) atoms. The molecule has 5 nitrogen and oxygen atoms in total. The van der Waals surface area contributed by atoms with Crippen molar-refractivity contribution in [1.29, 1.82) is 0 Å². The molecule has 0 radical (unpaired) electrons. The topological polar surface area (TPSA) is 62.7 Å². The molecule has 0 aromatic carbocycles. The highest BCUT2D eigenvalue weighted by atomic mass is 15.1. The summed E-state index contributed by atoms with van der Waals surface area (Å²) in [6, 6.07) is 6.00. The summed E-state index contributed by atoms with van der Waals surface area (Å²) in [6.07, 6.45) is 6.43. The minimum Gasteiger partial charge on any atom is -0.363 e. The fraction of sp³-hybridized carbons (Fsp3) is 0.357. The van der Waals surface area contributed by atoms with E-state index in [1.54, 1.807) is 12.4 Å². The average Bonchev–Trinajstić information content (AvgIpc) is 2.46. The van der Waals surface area contributed by atoms with E-state index in [9.17, 15) is 0 Å². The van der Waals surface area contributed by atoms with Crippen LogP contribution in [0.3, 0.4) is 0 Å². The molecule has 0 saturated carbocycles. The Morgan fingerprint density at radius 3 is 2.89 bits per heavy atom. The molecule has 1 unspecified atom stereocenters. The zero-order chi connectivity index (χ0) is 13.5. The molecule has 0 spiro atoms. The van der Waals surface area contributed by atoms with E-state index < -0.39 is 0 Å². The second kappa shape index (κ2) is 6.68. The lowest BCUT2D eigenvalue weighted by atomic mass is 10.1. The van der Waals surface area contributed by atoms with Crippen molar-refractivity contribution in [2.24, 2.45) is 0 Å². The summed E-state index contributed by atoms with van der Waals surface area (Å²) in [5.41, 5.74) is 1.13. The van der Waals surface area contributed by atoms with E-state index in [1.165, 1.54) is 0 Å². The standard InChI is InChI=1S/C14H19N5/c1-3-7-16-14-17-9-6-13(19-14)18-11(2)12-5-4-8-15-10-12/h4-6,8-11H,3,7H2,1-2H3,(H2,16,17,18,19). The van der Waals surface area contributed by atoms with Crippen molar-refractivity contribution >= 4 is 11.8 Å². The van der Waals surface area contributed by atoms with Gasteiger partial charge in [-0.15, -0.1) is 0 Å². The molecule has 0 aliphatic carbocycles. The summed E-state index contributed by atoms with van der Waals surface area (Å²) >= 11 is 0. The first kappa shape index (κ1) is 13.3. The predicted octanol–water partition coefficient (Wildman–Crippen LogP) is 2.87. The van der Waals surface area contributed by atoms with Crippen molar-refractivity contribution in [2.45, 2.75) is 26.3 Å². The number of pyridine rings is 1. The van der Waals surface area contributed by atoms with Gasteiger partial charge in [0.05, 0.1) is 6.04 Å². The Kier molecular flexibility index (Phi) is 4.66. The Morgan fingerprint density at radius 1 is 1.26 bits per heavy atom. The molecule has 0 amide bonds. The number of nitrogens with one attached hydrogen (secondary N) is 2. The van der Waals surface area contributed by atoms with Gasteiger partial charge in [0.1, 0.15) is 5.82 Å². The minimum absolute atomic E-state index is 0.155. The largest absolute Gasteiger partial charge is 0.363 e. The minimum atomic E-state index is 0.155. The molecule has 2 N–H and O–H groups in total. The van der Waals surface area contributed by atoms with Crippen LogP contribution >= 0.6 is 0 Å². The first-order valence-corrected chi connectivity index (χ1v) is 6.53. The van der Waals surface area contributed by atoms with Gasteiger partial charge < -0.3 is 10.6 Å². The second-order valence-electron chi connectivity index (χ2n) is 4.34. The number of anilines is 2. The van der Waals surface area contributed by atoms with Gasteiger partial charge in [-0.1, -0.05) is 13.0 Å². The quantitative estimate of drug-likeness (QED) is 0.833. The lowest BCUT2D eigenvalue weighted by molar-refractivity contribution is 0.862. The van der Waals surface area contributed by atoms with E-state index in [4.69, 9.17) is 0 Å². The van der Waals surface area contributed by atoms with Crippen molar-refractivity contribution in [3.05, 3.63) is 42.4 Å². The van der Waals surface area contributed by atoms with Crippen molar-refractivity contribution in [3.8, 4) is 0 Å². The highest BCUT2D eigenvalue weighted by molar-refractivity contribution is 5.41. The van der Waals surface area contributed by atoms with E-state index in [0.29, 0.717) is 5.95 Å². The molecule has 2 rings (SSSR count). The fourth-order valence-corrected chi connectivity index (χ4v) is 1.70. The molecule has 100 valence electrons.